The van der Waals surface area contributed by atoms with Crippen LogP contribution in [0.1, 0.15) is 52.0 Å². The zero-order chi connectivity index (χ0) is 15.5. The van der Waals surface area contributed by atoms with Crippen LogP contribution in [0.3, 0.4) is 0 Å². The van der Waals surface area contributed by atoms with Gasteiger partial charge < -0.3 is 9.84 Å². The number of hydrogen-bond acceptors (Lipinski definition) is 3. The zero-order valence-corrected chi connectivity index (χ0v) is 13.0. The van der Waals surface area contributed by atoms with E-state index in [4.69, 9.17) is 9.84 Å². The van der Waals surface area contributed by atoms with Crippen LogP contribution in [0.2, 0.25) is 0 Å². The Hall–Kier alpha value is -1.84. The monoisotopic (exact) mass is 289 g/mol. The first-order valence-corrected chi connectivity index (χ1v) is 7.46. The van der Waals surface area contributed by atoms with Gasteiger partial charge in [0.1, 0.15) is 5.75 Å². The fourth-order valence-corrected chi connectivity index (χ4v) is 2.46. The first-order chi connectivity index (χ1) is 9.91. The van der Waals surface area contributed by atoms with Crippen molar-refractivity contribution in [3.63, 3.8) is 0 Å². The first kappa shape index (κ1) is 15.5. The van der Waals surface area contributed by atoms with E-state index in [9.17, 15) is 4.79 Å². The van der Waals surface area contributed by atoms with Gasteiger partial charge in [0.25, 0.3) is 0 Å². The van der Waals surface area contributed by atoms with E-state index in [0.717, 1.165) is 30.0 Å². The van der Waals surface area contributed by atoms with E-state index in [2.05, 4.69) is 31.8 Å². The Morgan fingerprint density at radius 3 is 2.76 bits per heavy atom. The summed E-state index contributed by atoms with van der Waals surface area (Å²) >= 11 is 0. The molecule has 1 N–H and O–H groups in total. The molecule has 0 radical (unpaired) electrons. The van der Waals surface area contributed by atoms with Crippen LogP contribution in [0, 0.1) is 0 Å². The quantitative estimate of drug-likeness (QED) is 0.769. The summed E-state index contributed by atoms with van der Waals surface area (Å²) in [5.41, 5.74) is 3.34. The minimum absolute atomic E-state index is 0.0316. The summed E-state index contributed by atoms with van der Waals surface area (Å²) in [7, 11) is 0. The predicted molar refractivity (Wildman–Crippen MR) is 83.8 cm³/mol. The van der Waals surface area contributed by atoms with E-state index < -0.39 is 5.97 Å². The van der Waals surface area contributed by atoms with Crippen LogP contribution >= 0.6 is 0 Å². The maximum Gasteiger partial charge on any atom is 0.303 e. The number of unbranched alkanes of at least 4 members (excludes halogenated alkanes) is 2. The van der Waals surface area contributed by atoms with Gasteiger partial charge in [0.05, 0.1) is 12.3 Å². The third-order valence-corrected chi connectivity index (χ3v) is 4.14. The predicted octanol–water partition coefficient (Wildman–Crippen LogP) is 4.09. The van der Waals surface area contributed by atoms with E-state index in [1.807, 2.05) is 12.1 Å². The average molecular weight is 289 g/mol. The minimum Gasteiger partial charge on any atom is -0.494 e. The topological polar surface area (TPSA) is 58.9 Å². The van der Waals surface area contributed by atoms with Crippen LogP contribution < -0.4 is 4.74 Å². The summed E-state index contributed by atoms with van der Waals surface area (Å²) in [6, 6.07) is 6.04. The number of carbonyl (C=O) groups is 1. The number of benzene rings is 1. The van der Waals surface area contributed by atoms with Crippen LogP contribution in [0.5, 0.6) is 5.75 Å². The highest BCUT2D eigenvalue weighted by Crippen LogP contribution is 2.41. The lowest BCUT2D eigenvalue weighted by atomic mass is 9.82. The van der Waals surface area contributed by atoms with Crippen molar-refractivity contribution in [1.82, 2.24) is 0 Å². The Bertz CT molecular complexity index is 561. The molecule has 114 valence electrons. The van der Waals surface area contributed by atoms with Gasteiger partial charge in [0.15, 0.2) is 0 Å². The largest absolute Gasteiger partial charge is 0.494 e. The van der Waals surface area contributed by atoms with Gasteiger partial charge in [0, 0.05) is 17.5 Å². The highest BCUT2D eigenvalue weighted by atomic mass is 16.5. The molecule has 1 aromatic carbocycles. The number of carboxylic acid groups (broad SMARTS) is 1. The Balaban J connectivity index is 1.85. The molecule has 0 saturated heterocycles. The molecule has 0 amide bonds. The van der Waals surface area contributed by atoms with Crippen molar-refractivity contribution in [1.29, 1.82) is 0 Å². The number of carboxylic acids is 1. The molecule has 1 aliphatic heterocycles. The third-order valence-electron chi connectivity index (χ3n) is 4.14. The van der Waals surface area contributed by atoms with Crippen molar-refractivity contribution in [3.05, 3.63) is 23.8 Å². The van der Waals surface area contributed by atoms with Crippen LogP contribution in [-0.4, -0.2) is 23.4 Å². The molecule has 4 heteroatoms. The molecular weight excluding hydrogens is 266 g/mol. The van der Waals surface area contributed by atoms with Crippen molar-refractivity contribution in [3.8, 4) is 5.75 Å². The van der Waals surface area contributed by atoms with E-state index in [0.29, 0.717) is 13.0 Å². The van der Waals surface area contributed by atoms with Gasteiger partial charge in [-0.05, 0) is 49.9 Å². The van der Waals surface area contributed by atoms with Gasteiger partial charge in [0.2, 0.25) is 0 Å². The molecule has 0 aromatic heterocycles. The summed E-state index contributed by atoms with van der Waals surface area (Å²) < 4.78 is 5.77. The fraction of sp³-hybridized carbons (Fsp3) is 0.529. The third kappa shape index (κ3) is 3.63. The molecule has 0 spiro atoms. The molecule has 2 rings (SSSR count). The lowest BCUT2D eigenvalue weighted by Gasteiger charge is -2.20. The van der Waals surface area contributed by atoms with Crippen molar-refractivity contribution >= 4 is 17.4 Å². The minimum atomic E-state index is -0.729. The molecule has 1 aliphatic rings. The molecule has 0 atom stereocenters. The van der Waals surface area contributed by atoms with E-state index in [1.54, 1.807) is 0 Å². The zero-order valence-electron chi connectivity index (χ0n) is 13.0. The Labute approximate surface area is 125 Å². The number of rotatable bonds is 7. The number of ether oxygens (including phenoxy) is 1. The number of nitrogens with zero attached hydrogens (tertiary/aromatic N) is 1. The summed E-state index contributed by atoms with van der Waals surface area (Å²) in [6.45, 7) is 7.03. The second-order valence-electron chi connectivity index (χ2n) is 6.05. The SMILES string of the molecule is CC1=Nc2ccc(OCCCCCC(=O)O)cc2C1(C)C. The number of hydrogen-bond donors (Lipinski definition) is 1. The molecule has 0 bridgehead atoms. The van der Waals surface area contributed by atoms with Crippen molar-refractivity contribution in [2.75, 3.05) is 6.61 Å². The van der Waals surface area contributed by atoms with Gasteiger partial charge in [-0.1, -0.05) is 13.8 Å². The van der Waals surface area contributed by atoms with Crippen LogP contribution in [0.25, 0.3) is 0 Å². The fourth-order valence-electron chi connectivity index (χ4n) is 2.46. The van der Waals surface area contributed by atoms with Crippen molar-refractivity contribution < 1.29 is 14.6 Å². The van der Waals surface area contributed by atoms with Crippen LogP contribution in [0.15, 0.2) is 23.2 Å². The lowest BCUT2D eigenvalue weighted by molar-refractivity contribution is -0.137. The maximum absolute atomic E-state index is 10.4. The average Bonchev–Trinajstić information content (AvgIpc) is 2.64. The normalized spacial score (nSPS) is 15.5. The molecule has 4 nitrogen and oxygen atoms in total. The maximum atomic E-state index is 10.4. The molecule has 0 fully saturated rings. The summed E-state index contributed by atoms with van der Waals surface area (Å²) in [4.78, 5) is 15.0. The molecule has 0 aliphatic carbocycles. The Morgan fingerprint density at radius 1 is 1.29 bits per heavy atom. The number of fused-ring (bicyclic) bond motifs is 1. The van der Waals surface area contributed by atoms with Gasteiger partial charge in [-0.3, -0.25) is 9.79 Å². The van der Waals surface area contributed by atoms with Gasteiger partial charge in [-0.2, -0.15) is 0 Å². The van der Waals surface area contributed by atoms with Gasteiger partial charge >= 0.3 is 5.97 Å². The highest BCUT2D eigenvalue weighted by Gasteiger charge is 2.32. The Kier molecular flexibility index (Phi) is 4.66. The highest BCUT2D eigenvalue weighted by molar-refractivity contribution is 5.99. The standard InChI is InChI=1S/C17H23NO3/c1-12-17(2,3)14-11-13(8-9-15(14)18-12)21-10-6-4-5-7-16(19)20/h8-9,11H,4-7,10H2,1-3H3,(H,19,20). The molecule has 21 heavy (non-hydrogen) atoms. The summed E-state index contributed by atoms with van der Waals surface area (Å²) in [6.07, 6.45) is 2.71. The molecular formula is C17H23NO3. The number of aliphatic carboxylic acids is 1. The lowest BCUT2D eigenvalue weighted by Crippen LogP contribution is -2.22. The molecule has 1 aromatic rings. The van der Waals surface area contributed by atoms with Crippen LogP contribution in [-0.2, 0) is 10.2 Å². The van der Waals surface area contributed by atoms with Gasteiger partial charge in [-0.25, -0.2) is 0 Å². The van der Waals surface area contributed by atoms with Crippen LogP contribution in [0.4, 0.5) is 5.69 Å². The van der Waals surface area contributed by atoms with Crippen molar-refractivity contribution in [2.45, 2.75) is 51.9 Å². The van der Waals surface area contributed by atoms with Gasteiger partial charge in [-0.15, -0.1) is 0 Å². The van der Waals surface area contributed by atoms with E-state index >= 15 is 0 Å². The van der Waals surface area contributed by atoms with E-state index in [-0.39, 0.29) is 11.8 Å². The summed E-state index contributed by atoms with van der Waals surface area (Å²) in [5, 5.41) is 8.57. The summed E-state index contributed by atoms with van der Waals surface area (Å²) in [5.74, 6) is 0.136. The number of aliphatic imine (C=N–C) groups is 1. The Morgan fingerprint density at radius 2 is 2.05 bits per heavy atom. The van der Waals surface area contributed by atoms with Crippen molar-refractivity contribution in [2.24, 2.45) is 4.99 Å². The molecule has 0 saturated carbocycles. The molecule has 0 unspecified atom stereocenters. The second kappa shape index (κ2) is 6.29. The smallest absolute Gasteiger partial charge is 0.303 e. The molecule has 1 heterocycles. The second-order valence-corrected chi connectivity index (χ2v) is 6.05. The first-order valence-electron chi connectivity index (χ1n) is 7.46. The van der Waals surface area contributed by atoms with E-state index in [1.165, 1.54) is 5.56 Å².